The van der Waals surface area contributed by atoms with Gasteiger partial charge in [0.1, 0.15) is 10.5 Å². The summed E-state index contributed by atoms with van der Waals surface area (Å²) in [5.41, 5.74) is 0.0529. The summed E-state index contributed by atoms with van der Waals surface area (Å²) in [6.07, 6.45) is 2.74. The molecule has 0 radical (unpaired) electrons. The summed E-state index contributed by atoms with van der Waals surface area (Å²) >= 11 is 0. The van der Waals surface area contributed by atoms with Crippen LogP contribution < -0.4 is 0 Å². The van der Waals surface area contributed by atoms with Crippen LogP contribution in [0.5, 0.6) is 0 Å². The molecular weight excluding hydrogens is 144 g/mol. The fraction of sp³-hybridized carbons (Fsp3) is 1.00. The van der Waals surface area contributed by atoms with E-state index in [2.05, 4.69) is 13.8 Å². The molecule has 2 nitrogen and oxygen atoms in total. The van der Waals surface area contributed by atoms with Crippen LogP contribution in [0.25, 0.3) is 0 Å². The lowest BCUT2D eigenvalue weighted by atomic mass is 9.97. The van der Waals surface area contributed by atoms with E-state index in [1.54, 1.807) is 0 Å². The molecule has 1 saturated heterocycles. The van der Waals surface area contributed by atoms with Gasteiger partial charge < -0.3 is 9.16 Å². The van der Waals surface area contributed by atoms with Crippen molar-refractivity contribution in [2.45, 2.75) is 38.4 Å². The van der Waals surface area contributed by atoms with Crippen LogP contribution in [0.15, 0.2) is 0 Å². The Bertz CT molecular complexity index is 110. The molecule has 1 unspecified atom stereocenters. The van der Waals surface area contributed by atoms with Gasteiger partial charge >= 0.3 is 0 Å². The maximum absolute atomic E-state index is 5.40. The van der Waals surface area contributed by atoms with Crippen LogP contribution >= 0.6 is 0 Å². The fourth-order valence-corrected chi connectivity index (χ4v) is 1.24. The molecule has 3 heteroatoms. The Hall–Kier alpha value is 0.137. The second-order valence-electron chi connectivity index (χ2n) is 3.45. The zero-order valence-corrected chi connectivity index (χ0v) is 9.02. The smallest absolute Gasteiger partial charge is 0.146 e. The van der Waals surface area contributed by atoms with Gasteiger partial charge in [0.15, 0.2) is 0 Å². The second-order valence-corrected chi connectivity index (χ2v) is 3.86. The predicted molar refractivity (Wildman–Crippen MR) is 44.1 cm³/mol. The molecule has 60 valence electrons. The van der Waals surface area contributed by atoms with E-state index in [0.717, 1.165) is 23.5 Å². The van der Waals surface area contributed by atoms with Crippen LogP contribution in [0.1, 0.15) is 26.7 Å². The van der Waals surface area contributed by atoms with Crippen LogP contribution in [0.4, 0.5) is 0 Å². The number of hydrogen-bond donors (Lipinski definition) is 0. The molecule has 0 saturated carbocycles. The zero-order valence-electron chi connectivity index (χ0n) is 7.02. The minimum absolute atomic E-state index is 0.0529. The Morgan fingerprint density at radius 2 is 2.30 bits per heavy atom. The molecule has 0 aliphatic carbocycles. The zero-order chi connectivity index (χ0) is 7.61. The van der Waals surface area contributed by atoms with Crippen LogP contribution in [0, 0.1) is 0 Å². The fourth-order valence-electron chi connectivity index (χ4n) is 1.08. The van der Waals surface area contributed by atoms with E-state index in [0.29, 0.717) is 6.10 Å². The van der Waals surface area contributed by atoms with Gasteiger partial charge in [0.2, 0.25) is 0 Å². The monoisotopic (exact) mass is 160 g/mol. The minimum Gasteiger partial charge on any atom is -0.423 e. The molecule has 1 rings (SSSR count). The van der Waals surface area contributed by atoms with Crippen molar-refractivity contribution in [2.24, 2.45) is 0 Å². The van der Waals surface area contributed by atoms with Gasteiger partial charge in [-0.25, -0.2) is 0 Å². The third kappa shape index (κ3) is 2.07. The summed E-state index contributed by atoms with van der Waals surface area (Å²) < 4.78 is 10.7. The third-order valence-corrected chi connectivity index (χ3v) is 3.17. The van der Waals surface area contributed by atoms with Crippen molar-refractivity contribution >= 4 is 10.5 Å². The van der Waals surface area contributed by atoms with Crippen LogP contribution in [0.2, 0.25) is 0 Å². The summed E-state index contributed by atoms with van der Waals surface area (Å²) in [6.45, 7) is 5.20. The topological polar surface area (TPSA) is 18.5 Å². The molecule has 0 bridgehead atoms. The highest BCUT2D eigenvalue weighted by Gasteiger charge is 2.26. The summed E-state index contributed by atoms with van der Waals surface area (Å²) in [5, 5.41) is 0. The normalized spacial score (nSPS) is 26.4. The highest BCUT2D eigenvalue weighted by atomic mass is 28.2. The third-order valence-electron chi connectivity index (χ3n) is 2.07. The van der Waals surface area contributed by atoms with E-state index >= 15 is 0 Å². The summed E-state index contributed by atoms with van der Waals surface area (Å²) in [4.78, 5) is 0. The first kappa shape index (κ1) is 8.24. The van der Waals surface area contributed by atoms with Crippen molar-refractivity contribution in [2.75, 3.05) is 6.61 Å². The maximum atomic E-state index is 5.40. The summed E-state index contributed by atoms with van der Waals surface area (Å²) in [6, 6.07) is 0. The van der Waals surface area contributed by atoms with Gasteiger partial charge in [-0.05, 0) is 20.3 Å². The van der Waals surface area contributed by atoms with Crippen LogP contribution in [0.3, 0.4) is 0 Å². The standard InChI is InChI=1S/C7H16O2Si/c1-7(2,9-10)5-6-3-4-8-6/h6H,3-5H2,1-2,10H3. The molecule has 0 aromatic carbocycles. The van der Waals surface area contributed by atoms with E-state index in [9.17, 15) is 0 Å². The molecule has 10 heavy (non-hydrogen) atoms. The van der Waals surface area contributed by atoms with Gasteiger partial charge in [-0.2, -0.15) is 0 Å². The lowest BCUT2D eigenvalue weighted by molar-refractivity contribution is -0.0843. The first-order chi connectivity index (χ1) is 4.64. The van der Waals surface area contributed by atoms with Gasteiger partial charge in [0.25, 0.3) is 0 Å². The van der Waals surface area contributed by atoms with E-state index in [1.807, 2.05) is 0 Å². The highest BCUT2D eigenvalue weighted by Crippen LogP contribution is 2.23. The average Bonchev–Trinajstić information content (AvgIpc) is 1.80. The predicted octanol–water partition coefficient (Wildman–Crippen LogP) is 0.241. The SMILES string of the molecule is CC(C)(CC1CCO1)O[SiH3]. The first-order valence-electron chi connectivity index (χ1n) is 3.81. The molecular formula is C7H16O2Si. The molecule has 0 N–H and O–H groups in total. The quantitative estimate of drug-likeness (QED) is 0.551. The molecule has 0 amide bonds. The first-order valence-corrected chi connectivity index (χ1v) is 4.62. The van der Waals surface area contributed by atoms with Gasteiger partial charge in [-0.1, -0.05) is 0 Å². The Balaban J connectivity index is 2.21. The largest absolute Gasteiger partial charge is 0.423 e. The van der Waals surface area contributed by atoms with Crippen molar-refractivity contribution < 1.29 is 9.16 Å². The highest BCUT2D eigenvalue weighted by molar-refractivity contribution is 5.98. The Kier molecular flexibility index (Phi) is 2.49. The maximum Gasteiger partial charge on any atom is 0.146 e. The molecule has 1 aliphatic rings. The number of ether oxygens (including phenoxy) is 1. The molecule has 1 atom stereocenters. The van der Waals surface area contributed by atoms with Crippen molar-refractivity contribution in [3.63, 3.8) is 0 Å². The molecule has 1 aliphatic heterocycles. The molecule has 0 spiro atoms. The number of hydrogen-bond acceptors (Lipinski definition) is 2. The molecule has 0 aromatic heterocycles. The average molecular weight is 160 g/mol. The lowest BCUT2D eigenvalue weighted by Gasteiger charge is -2.34. The van der Waals surface area contributed by atoms with E-state index < -0.39 is 0 Å². The van der Waals surface area contributed by atoms with Crippen LogP contribution in [-0.4, -0.2) is 28.8 Å². The van der Waals surface area contributed by atoms with Gasteiger partial charge in [-0.3, -0.25) is 0 Å². The number of rotatable bonds is 3. The van der Waals surface area contributed by atoms with Gasteiger partial charge in [0.05, 0.1) is 11.7 Å². The minimum atomic E-state index is 0.0529. The van der Waals surface area contributed by atoms with E-state index in [1.165, 1.54) is 6.42 Å². The summed E-state index contributed by atoms with van der Waals surface area (Å²) in [5.74, 6) is 0. The molecule has 0 aromatic rings. The Morgan fingerprint density at radius 3 is 2.60 bits per heavy atom. The Labute approximate surface area is 65.4 Å². The van der Waals surface area contributed by atoms with Crippen molar-refractivity contribution in [1.82, 2.24) is 0 Å². The van der Waals surface area contributed by atoms with E-state index in [-0.39, 0.29) is 5.60 Å². The summed E-state index contributed by atoms with van der Waals surface area (Å²) in [7, 11) is 0.824. The molecule has 1 heterocycles. The van der Waals surface area contributed by atoms with Gasteiger partial charge in [-0.15, -0.1) is 0 Å². The van der Waals surface area contributed by atoms with Crippen molar-refractivity contribution in [3.05, 3.63) is 0 Å². The lowest BCUT2D eigenvalue weighted by Crippen LogP contribution is -2.36. The molecule has 1 fully saturated rings. The van der Waals surface area contributed by atoms with E-state index in [4.69, 9.17) is 9.16 Å². The Morgan fingerprint density at radius 1 is 1.70 bits per heavy atom. The van der Waals surface area contributed by atoms with Crippen LogP contribution in [-0.2, 0) is 9.16 Å². The van der Waals surface area contributed by atoms with Crippen molar-refractivity contribution in [3.8, 4) is 0 Å². The van der Waals surface area contributed by atoms with Crippen molar-refractivity contribution in [1.29, 1.82) is 0 Å². The van der Waals surface area contributed by atoms with Gasteiger partial charge in [0, 0.05) is 13.0 Å². The second kappa shape index (κ2) is 3.03.